The molecule has 25 heavy (non-hydrogen) atoms. The fourth-order valence-corrected chi connectivity index (χ4v) is 5.08. The minimum Gasteiger partial charge on any atom is -0.494 e. The maximum absolute atomic E-state index is 12.9. The van der Waals surface area contributed by atoms with Gasteiger partial charge in [0, 0.05) is 33.3 Å². The number of hydrogen-bond donors (Lipinski definition) is 1. The monoisotopic (exact) mass is 366 g/mol. The van der Waals surface area contributed by atoms with Gasteiger partial charge in [-0.1, -0.05) is 6.07 Å². The van der Waals surface area contributed by atoms with Gasteiger partial charge in [0.2, 0.25) is 0 Å². The molecule has 2 fully saturated rings. The summed E-state index contributed by atoms with van der Waals surface area (Å²) < 4.78 is 31.2. The highest BCUT2D eigenvalue weighted by atomic mass is 32.2. The largest absolute Gasteiger partial charge is 0.494 e. The third-order valence-corrected chi connectivity index (χ3v) is 6.77. The van der Waals surface area contributed by atoms with Crippen LogP contribution in [0.5, 0.6) is 5.75 Å². The first-order valence-electron chi connectivity index (χ1n) is 8.75. The third kappa shape index (κ3) is 3.98. The van der Waals surface area contributed by atoms with Crippen molar-refractivity contribution >= 4 is 15.6 Å². The lowest BCUT2D eigenvalue weighted by atomic mass is 9.94. The molecule has 1 aromatic carbocycles. The minimum atomic E-state index is -2.46. The molecular weight excluding hydrogens is 340 g/mol. The van der Waals surface area contributed by atoms with E-state index < -0.39 is 15.3 Å². The highest BCUT2D eigenvalue weighted by Gasteiger charge is 2.42. The van der Waals surface area contributed by atoms with Crippen molar-refractivity contribution in [3.05, 3.63) is 29.3 Å². The Kier molecular flexibility index (Phi) is 5.06. The van der Waals surface area contributed by atoms with Crippen LogP contribution in [0.4, 0.5) is 0 Å². The van der Waals surface area contributed by atoms with Crippen LogP contribution >= 0.6 is 0 Å². The lowest BCUT2D eigenvalue weighted by Crippen LogP contribution is -2.56. The number of ether oxygens (including phenoxy) is 2. The van der Waals surface area contributed by atoms with E-state index in [1.54, 1.807) is 6.07 Å². The molecule has 0 saturated carbocycles. The van der Waals surface area contributed by atoms with Crippen LogP contribution in [0.2, 0.25) is 0 Å². The van der Waals surface area contributed by atoms with Crippen molar-refractivity contribution in [2.45, 2.75) is 32.3 Å². The standard InChI is InChI=1S/C18H26N2O4S/c1-3-23-16-12-15(5-4-14(16)2)17(21)20-8-9-24-18(13-20)6-10-25(19,22)11-7-18/h4-5,12,19H,3,6-11,13H2,1-2H3. The zero-order chi connectivity index (χ0) is 18.1. The highest BCUT2D eigenvalue weighted by Crippen LogP contribution is 2.32. The molecule has 0 aliphatic carbocycles. The molecule has 7 heteroatoms. The Morgan fingerprint density at radius 1 is 1.40 bits per heavy atom. The van der Waals surface area contributed by atoms with Crippen LogP contribution in [0.15, 0.2) is 18.2 Å². The normalized spacial score (nSPS) is 29.6. The first-order chi connectivity index (χ1) is 11.8. The number of morpholine rings is 1. The smallest absolute Gasteiger partial charge is 0.254 e. The maximum Gasteiger partial charge on any atom is 0.254 e. The van der Waals surface area contributed by atoms with Crippen molar-refractivity contribution in [1.82, 2.24) is 4.90 Å². The van der Waals surface area contributed by atoms with Gasteiger partial charge in [0.15, 0.2) is 0 Å². The summed E-state index contributed by atoms with van der Waals surface area (Å²) in [5.41, 5.74) is 1.18. The summed E-state index contributed by atoms with van der Waals surface area (Å²) in [6.45, 7) is 5.98. The van der Waals surface area contributed by atoms with Gasteiger partial charge in [-0.05, 0) is 44.4 Å². The van der Waals surface area contributed by atoms with E-state index in [1.807, 2.05) is 30.9 Å². The van der Waals surface area contributed by atoms with Gasteiger partial charge in [-0.3, -0.25) is 9.57 Å². The van der Waals surface area contributed by atoms with Gasteiger partial charge in [-0.2, -0.15) is 0 Å². The number of nitrogens with one attached hydrogen (secondary N) is 1. The van der Waals surface area contributed by atoms with E-state index in [2.05, 4.69) is 0 Å². The Hall–Kier alpha value is -1.60. The maximum atomic E-state index is 12.9. The van der Waals surface area contributed by atoms with E-state index in [0.29, 0.717) is 56.2 Å². The molecule has 3 rings (SSSR count). The van der Waals surface area contributed by atoms with E-state index in [0.717, 1.165) is 11.3 Å². The van der Waals surface area contributed by atoms with E-state index >= 15 is 0 Å². The molecule has 2 saturated heterocycles. The van der Waals surface area contributed by atoms with Crippen molar-refractivity contribution in [2.75, 3.05) is 37.8 Å². The van der Waals surface area contributed by atoms with Crippen LogP contribution in [0.3, 0.4) is 0 Å². The number of carbonyl (C=O) groups excluding carboxylic acids is 1. The fraction of sp³-hybridized carbons (Fsp3) is 0.611. The van der Waals surface area contributed by atoms with E-state index in [-0.39, 0.29) is 5.91 Å². The zero-order valence-corrected chi connectivity index (χ0v) is 15.7. The Bertz CT molecular complexity index is 746. The Balaban J connectivity index is 1.75. The number of rotatable bonds is 3. The topological polar surface area (TPSA) is 79.7 Å². The predicted octanol–water partition coefficient (Wildman–Crippen LogP) is 2.45. The van der Waals surface area contributed by atoms with Gasteiger partial charge >= 0.3 is 0 Å². The molecule has 0 bridgehead atoms. The molecule has 0 unspecified atom stereocenters. The van der Waals surface area contributed by atoms with Crippen LogP contribution in [-0.2, 0) is 14.5 Å². The third-order valence-electron chi connectivity index (χ3n) is 5.05. The summed E-state index contributed by atoms with van der Waals surface area (Å²) >= 11 is 0. The molecule has 2 aliphatic rings. The molecular formula is C18H26N2O4S. The quantitative estimate of drug-likeness (QED) is 0.891. The van der Waals surface area contributed by atoms with Crippen molar-refractivity contribution in [1.29, 1.82) is 4.78 Å². The van der Waals surface area contributed by atoms with Gasteiger partial charge in [-0.15, -0.1) is 0 Å². The molecule has 0 aromatic heterocycles. The number of amides is 1. The van der Waals surface area contributed by atoms with Crippen molar-refractivity contribution < 1.29 is 18.5 Å². The molecule has 1 N–H and O–H groups in total. The van der Waals surface area contributed by atoms with Gasteiger partial charge in [-0.25, -0.2) is 4.21 Å². The average Bonchev–Trinajstić information content (AvgIpc) is 2.60. The molecule has 138 valence electrons. The van der Waals surface area contributed by atoms with Crippen molar-refractivity contribution in [3.63, 3.8) is 0 Å². The lowest BCUT2D eigenvalue weighted by molar-refractivity contribution is -0.104. The highest BCUT2D eigenvalue weighted by molar-refractivity contribution is 7.92. The first kappa shape index (κ1) is 18.2. The number of benzene rings is 1. The Labute approximate surface area is 149 Å². The van der Waals surface area contributed by atoms with E-state index in [4.69, 9.17) is 14.3 Å². The van der Waals surface area contributed by atoms with Crippen LogP contribution in [0.25, 0.3) is 0 Å². The predicted molar refractivity (Wildman–Crippen MR) is 96.8 cm³/mol. The molecule has 1 spiro atoms. The number of hydrogen-bond acceptors (Lipinski definition) is 5. The molecule has 2 heterocycles. The average molecular weight is 366 g/mol. The molecule has 0 atom stereocenters. The van der Waals surface area contributed by atoms with E-state index in [1.165, 1.54) is 0 Å². The van der Waals surface area contributed by atoms with Gasteiger partial charge in [0.25, 0.3) is 5.91 Å². The lowest BCUT2D eigenvalue weighted by Gasteiger charge is -2.45. The SMILES string of the molecule is CCOc1cc(C(=O)N2CCOC3(CCS(=N)(=O)CC3)C2)ccc1C. The number of nitrogens with zero attached hydrogens (tertiary/aromatic N) is 1. The van der Waals surface area contributed by atoms with Crippen LogP contribution in [0.1, 0.15) is 35.7 Å². The minimum absolute atomic E-state index is 0.0270. The molecule has 1 aromatic rings. The van der Waals surface area contributed by atoms with Crippen molar-refractivity contribution in [3.8, 4) is 5.75 Å². The summed E-state index contributed by atoms with van der Waals surface area (Å²) in [4.78, 5) is 14.8. The first-order valence-corrected chi connectivity index (χ1v) is 10.6. The van der Waals surface area contributed by atoms with Crippen LogP contribution < -0.4 is 4.74 Å². The van der Waals surface area contributed by atoms with Crippen molar-refractivity contribution in [2.24, 2.45) is 0 Å². The summed E-state index contributed by atoms with van der Waals surface area (Å²) in [6, 6.07) is 5.55. The second-order valence-electron chi connectivity index (χ2n) is 6.89. The number of carbonyl (C=O) groups is 1. The van der Waals surface area contributed by atoms with Crippen LogP contribution in [0, 0.1) is 11.7 Å². The second-order valence-corrected chi connectivity index (χ2v) is 9.33. The summed E-state index contributed by atoms with van der Waals surface area (Å²) in [7, 11) is -2.46. The Morgan fingerprint density at radius 3 is 2.80 bits per heavy atom. The zero-order valence-electron chi connectivity index (χ0n) is 14.9. The fourth-order valence-electron chi connectivity index (χ4n) is 3.48. The van der Waals surface area contributed by atoms with E-state index in [9.17, 15) is 9.00 Å². The molecule has 0 radical (unpaired) electrons. The molecule has 1 amide bonds. The van der Waals surface area contributed by atoms with Gasteiger partial charge in [0.1, 0.15) is 5.75 Å². The second kappa shape index (κ2) is 6.96. The number of aryl methyl sites for hydroxylation is 1. The Morgan fingerprint density at radius 2 is 2.12 bits per heavy atom. The summed E-state index contributed by atoms with van der Waals surface area (Å²) in [6.07, 6.45) is 1.16. The summed E-state index contributed by atoms with van der Waals surface area (Å²) in [5.74, 6) is 1.42. The molecule has 6 nitrogen and oxygen atoms in total. The summed E-state index contributed by atoms with van der Waals surface area (Å²) in [5, 5.41) is 0. The van der Waals surface area contributed by atoms with Gasteiger partial charge in [0.05, 0.1) is 25.4 Å². The van der Waals surface area contributed by atoms with Gasteiger partial charge < -0.3 is 14.4 Å². The van der Waals surface area contributed by atoms with Crippen LogP contribution in [-0.4, -0.2) is 58.4 Å². The molecule has 2 aliphatic heterocycles.